The van der Waals surface area contributed by atoms with E-state index in [9.17, 15) is 10.2 Å². The summed E-state index contributed by atoms with van der Waals surface area (Å²) in [6.07, 6.45) is 16.9. The zero-order valence-corrected chi connectivity index (χ0v) is 30.4. The standard InChI is InChI=1S/C23H34N2OS.C13H28O2.Ir/c1-13-9-10-16-15-6-4-7-17(22(15)26-23(16)25-13)19-11-21-18(12-24-19)14-5-2-3-8-20(14)27-21;1-5-10(6-2)12(14)9-13(15)11(7-3)8-4;/h7,13-16,18-21,23,25H,2-6,8-12H2,1H3;10-15H,5-9H2,1-4H3;/q-2;;/t13-,14+,15+,16?,18-,19-,20+,21-,23?;12-,13+;/m1../s1/i1D3;;. The Labute approximate surface area is 285 Å². The van der Waals surface area contributed by atoms with Gasteiger partial charge in [-0.3, -0.25) is 5.32 Å². The molecule has 0 spiro atoms. The van der Waals surface area contributed by atoms with E-state index >= 15 is 0 Å². The van der Waals surface area contributed by atoms with Crippen molar-refractivity contribution in [1.29, 1.82) is 0 Å². The van der Waals surface area contributed by atoms with E-state index in [1.165, 1.54) is 37.7 Å². The van der Waals surface area contributed by atoms with Crippen LogP contribution in [0.25, 0.3) is 5.32 Å². The van der Waals surface area contributed by atoms with E-state index in [2.05, 4.69) is 51.2 Å². The summed E-state index contributed by atoms with van der Waals surface area (Å²) in [5.41, 5.74) is 1.35. The van der Waals surface area contributed by atoms with Crippen LogP contribution in [0.2, 0.25) is 0 Å². The Kier molecular flexibility index (Phi) is 12.5. The second-order valence-corrected chi connectivity index (χ2v) is 15.7. The van der Waals surface area contributed by atoms with Crippen LogP contribution in [0.1, 0.15) is 129 Å². The topological polar surface area (TPSA) is 75.8 Å². The van der Waals surface area contributed by atoms with Gasteiger partial charge in [0.25, 0.3) is 0 Å². The number of thioether (sulfide) groups is 1. The third kappa shape index (κ3) is 8.22. The molecule has 7 heteroatoms. The average Bonchev–Trinajstić information content (AvgIpc) is 3.59. The second kappa shape index (κ2) is 16.9. The van der Waals surface area contributed by atoms with Gasteiger partial charge in [0.15, 0.2) is 0 Å². The fraction of sp³-hybridized carbons (Fsp3) is 0.917. The zero-order chi connectivity index (χ0) is 32.3. The van der Waals surface area contributed by atoms with E-state index in [4.69, 9.17) is 14.2 Å². The molecule has 2 aliphatic carbocycles. The number of allylic oxidation sites excluding steroid dienone is 1. The van der Waals surface area contributed by atoms with Gasteiger partial charge >= 0.3 is 0 Å². The van der Waals surface area contributed by atoms with Crippen LogP contribution in [0, 0.1) is 41.9 Å². The fourth-order valence-corrected chi connectivity index (χ4v) is 11.3. The molecule has 5 nitrogen and oxygen atoms in total. The molecule has 251 valence electrons. The van der Waals surface area contributed by atoms with Gasteiger partial charge in [-0.15, -0.1) is 19.0 Å². The van der Waals surface area contributed by atoms with Gasteiger partial charge in [-0.05, 0) is 74.3 Å². The summed E-state index contributed by atoms with van der Waals surface area (Å²) in [5.74, 6) is 4.42. The summed E-state index contributed by atoms with van der Waals surface area (Å²) in [4.78, 5) is 0. The van der Waals surface area contributed by atoms with E-state index in [1.807, 2.05) is 0 Å². The number of aliphatic hydroxyl groups excluding tert-OH is 2. The Balaban J connectivity index is 0.000000259. The molecule has 5 fully saturated rings. The molecular weight excluding hydrogens is 733 g/mol. The number of hydrogen-bond donors (Lipinski definition) is 3. The largest absolute Gasteiger partial charge is 0.658 e. The van der Waals surface area contributed by atoms with E-state index in [0.717, 1.165) is 86.0 Å². The van der Waals surface area contributed by atoms with Crippen molar-refractivity contribution in [2.24, 2.45) is 35.5 Å². The maximum absolute atomic E-state index is 9.96. The van der Waals surface area contributed by atoms with Crippen LogP contribution in [0.3, 0.4) is 0 Å². The number of hydrogen-bond acceptors (Lipinski definition) is 5. The quantitative estimate of drug-likeness (QED) is 0.206. The average molecular weight is 798 g/mol. The zero-order valence-electron chi connectivity index (χ0n) is 30.2. The summed E-state index contributed by atoms with van der Waals surface area (Å²) in [6.45, 7) is 7.48. The normalized spacial score (nSPS) is 39.3. The summed E-state index contributed by atoms with van der Waals surface area (Å²) < 4.78 is 29.9. The molecule has 6 rings (SSSR count). The number of fused-ring (bicyclic) bond motifs is 6. The Bertz CT molecular complexity index is 965. The molecule has 6 aliphatic rings. The van der Waals surface area contributed by atoms with Gasteiger partial charge < -0.3 is 20.3 Å². The van der Waals surface area contributed by atoms with Crippen molar-refractivity contribution in [1.82, 2.24) is 5.32 Å². The molecule has 11 atom stereocenters. The minimum Gasteiger partial charge on any atom is -0.658 e. The minimum atomic E-state index is -1.95. The monoisotopic (exact) mass is 798 g/mol. The predicted molar refractivity (Wildman–Crippen MR) is 176 cm³/mol. The number of ether oxygens (including phenoxy) is 1. The number of nitrogens with zero attached hydrogens (tertiary/aromatic N) is 1. The third-order valence-electron chi connectivity index (χ3n) is 11.9. The smallest absolute Gasteiger partial charge is 0.131 e. The SMILES string of the molecule is CCC(CC)[C@H](O)C[C@H](O)C(CC)CC.[2H]C([2H])([2H])[C@@H]1CCC2C(N1)OC1=C([C@H]3C[C@H]4S[C@H]5CCCC[C@H]5[C@H]4C[N-]3)[CH-]CC[C@H]12.[Ir]. The molecule has 0 aromatic rings. The molecule has 0 aromatic carbocycles. The van der Waals surface area contributed by atoms with Crippen molar-refractivity contribution in [2.75, 3.05) is 6.54 Å². The summed E-state index contributed by atoms with van der Waals surface area (Å²) in [6, 6.07) is -0.152. The summed E-state index contributed by atoms with van der Waals surface area (Å²) in [7, 11) is 0. The molecule has 0 amide bonds. The first kappa shape index (κ1) is 31.8. The van der Waals surface area contributed by atoms with Crippen molar-refractivity contribution < 1.29 is 39.2 Å². The summed E-state index contributed by atoms with van der Waals surface area (Å²) >= 11 is 2.28. The molecule has 43 heavy (non-hydrogen) atoms. The van der Waals surface area contributed by atoms with Crippen molar-refractivity contribution in [3.63, 3.8) is 0 Å². The molecule has 3 N–H and O–H groups in total. The van der Waals surface area contributed by atoms with Crippen molar-refractivity contribution in [2.45, 2.75) is 165 Å². The third-order valence-corrected chi connectivity index (χ3v) is 13.8. The van der Waals surface area contributed by atoms with Crippen molar-refractivity contribution >= 4 is 11.8 Å². The Morgan fingerprint density at radius 1 is 0.930 bits per heavy atom. The van der Waals surface area contributed by atoms with Crippen molar-refractivity contribution in [3.8, 4) is 0 Å². The fourth-order valence-electron chi connectivity index (χ4n) is 9.25. The van der Waals surface area contributed by atoms with E-state index in [-0.39, 0.29) is 44.6 Å². The number of aliphatic hydroxyl groups is 2. The second-order valence-electron chi connectivity index (χ2n) is 14.2. The van der Waals surface area contributed by atoms with Gasteiger partial charge in [-0.1, -0.05) is 79.1 Å². The summed E-state index contributed by atoms with van der Waals surface area (Å²) in [5, 5.41) is 30.1. The van der Waals surface area contributed by atoms with Crippen LogP contribution in [0.15, 0.2) is 11.3 Å². The van der Waals surface area contributed by atoms with Crippen LogP contribution in [0.5, 0.6) is 0 Å². The molecule has 0 aromatic heterocycles. The maximum atomic E-state index is 9.96. The van der Waals surface area contributed by atoms with Crippen LogP contribution < -0.4 is 5.32 Å². The van der Waals surface area contributed by atoms with Crippen LogP contribution in [-0.2, 0) is 24.8 Å². The number of piperidine rings is 2. The number of rotatable bonds is 9. The van der Waals surface area contributed by atoms with Crippen LogP contribution >= 0.6 is 11.8 Å². The molecular formula is C36H62IrN2O3S-2. The maximum Gasteiger partial charge on any atom is 0.131 e. The molecule has 0 bridgehead atoms. The molecule has 1 saturated carbocycles. The van der Waals surface area contributed by atoms with Crippen molar-refractivity contribution in [3.05, 3.63) is 23.1 Å². The molecule has 4 saturated heterocycles. The first-order valence-corrected chi connectivity index (χ1v) is 18.7. The molecule has 4 heterocycles. The Morgan fingerprint density at radius 3 is 2.30 bits per heavy atom. The Hall–Kier alpha value is 0.249. The van der Waals surface area contributed by atoms with Gasteiger partial charge in [0.05, 0.1) is 12.2 Å². The van der Waals surface area contributed by atoms with E-state index in [1.54, 1.807) is 0 Å². The molecule has 4 aliphatic heterocycles. The predicted octanol–water partition coefficient (Wildman–Crippen LogP) is 8.00. The number of nitrogens with one attached hydrogen (secondary N) is 1. The van der Waals surface area contributed by atoms with E-state index in [0.29, 0.717) is 30.1 Å². The first-order valence-electron chi connectivity index (χ1n) is 19.3. The minimum absolute atomic E-state index is 0. The van der Waals surface area contributed by atoms with Crippen LogP contribution in [0.4, 0.5) is 0 Å². The van der Waals surface area contributed by atoms with Crippen LogP contribution in [-0.4, -0.2) is 57.8 Å². The van der Waals surface area contributed by atoms with E-state index < -0.39 is 12.9 Å². The molecule has 2 unspecified atom stereocenters. The van der Waals surface area contributed by atoms with Gasteiger partial charge in [-0.25, -0.2) is 6.42 Å². The van der Waals surface area contributed by atoms with Gasteiger partial charge in [0.2, 0.25) is 0 Å². The first-order chi connectivity index (χ1) is 21.6. The molecule has 1 radical (unpaired) electrons. The van der Waals surface area contributed by atoms with Gasteiger partial charge in [0, 0.05) is 46.7 Å². The van der Waals surface area contributed by atoms with Gasteiger partial charge in [-0.2, -0.15) is 17.3 Å². The Morgan fingerprint density at radius 2 is 1.63 bits per heavy atom. The van der Waals surface area contributed by atoms with Gasteiger partial charge in [0.1, 0.15) is 6.23 Å².